The maximum absolute atomic E-state index is 14.5. The molecule has 1 aliphatic heterocycles. The van der Waals surface area contributed by atoms with Crippen molar-refractivity contribution in [2.75, 3.05) is 13.1 Å². The molecule has 2 heterocycles. The summed E-state index contributed by atoms with van der Waals surface area (Å²) in [4.78, 5) is 19.3. The first-order chi connectivity index (χ1) is 15.9. The summed E-state index contributed by atoms with van der Waals surface area (Å²) in [5.74, 6) is -0.687. The van der Waals surface area contributed by atoms with Crippen LogP contribution < -0.4 is 5.73 Å². The third-order valence-electron chi connectivity index (χ3n) is 6.22. The molecule has 33 heavy (non-hydrogen) atoms. The molecule has 0 bridgehead atoms. The van der Waals surface area contributed by atoms with Crippen LogP contribution >= 0.6 is 0 Å². The second kappa shape index (κ2) is 8.15. The average Bonchev–Trinajstić information content (AvgIpc) is 3.43. The number of hydrogen-bond donors (Lipinski definition) is 1. The summed E-state index contributed by atoms with van der Waals surface area (Å²) in [6.07, 6.45) is 2.54. The number of rotatable bonds is 3. The highest BCUT2D eigenvalue weighted by molar-refractivity contribution is 5.98. The first-order valence-electron chi connectivity index (χ1n) is 10.7. The summed E-state index contributed by atoms with van der Waals surface area (Å²) < 4.78 is 16.4. The topological polar surface area (TPSA) is 87.9 Å². The van der Waals surface area contributed by atoms with Crippen molar-refractivity contribution in [3.63, 3.8) is 0 Å². The van der Waals surface area contributed by atoms with Crippen molar-refractivity contribution in [1.29, 1.82) is 5.26 Å². The molecule has 0 aliphatic carbocycles. The van der Waals surface area contributed by atoms with Gasteiger partial charge in [0.2, 0.25) is 0 Å². The minimum absolute atomic E-state index is 0.00887. The van der Waals surface area contributed by atoms with Crippen molar-refractivity contribution in [2.45, 2.75) is 12.5 Å². The van der Waals surface area contributed by atoms with Crippen LogP contribution in [0.15, 0.2) is 60.9 Å². The number of carbonyl (C=O) groups is 1. The number of aryl methyl sites for hydroxylation is 1. The number of nitriles is 1. The number of aromatic nitrogens is 2. The molecule has 3 aromatic carbocycles. The van der Waals surface area contributed by atoms with Crippen molar-refractivity contribution in [2.24, 2.45) is 12.8 Å². The van der Waals surface area contributed by atoms with Gasteiger partial charge in [0.1, 0.15) is 11.9 Å². The van der Waals surface area contributed by atoms with Crippen LogP contribution in [0.3, 0.4) is 0 Å². The number of halogens is 1. The number of benzene rings is 3. The summed E-state index contributed by atoms with van der Waals surface area (Å²) in [6.45, 7) is 1.15. The normalized spacial score (nSPS) is 15.7. The third-order valence-corrected chi connectivity index (χ3v) is 6.22. The molecule has 164 valence electrons. The summed E-state index contributed by atoms with van der Waals surface area (Å²) >= 11 is 0. The van der Waals surface area contributed by atoms with Gasteiger partial charge in [-0.05, 0) is 65.1 Å². The van der Waals surface area contributed by atoms with E-state index in [9.17, 15) is 9.18 Å². The highest BCUT2D eigenvalue weighted by atomic mass is 19.1. The summed E-state index contributed by atoms with van der Waals surface area (Å²) in [5.41, 5.74) is 11.4. The van der Waals surface area contributed by atoms with Gasteiger partial charge >= 0.3 is 0 Å². The van der Waals surface area contributed by atoms with E-state index in [0.717, 1.165) is 28.6 Å². The molecule has 0 saturated carbocycles. The highest BCUT2D eigenvalue weighted by Gasteiger charge is 2.25. The second-order valence-corrected chi connectivity index (χ2v) is 8.43. The lowest BCUT2D eigenvalue weighted by Crippen LogP contribution is -2.31. The van der Waals surface area contributed by atoms with Crippen molar-refractivity contribution >= 4 is 16.9 Å². The van der Waals surface area contributed by atoms with E-state index in [4.69, 9.17) is 11.0 Å². The number of nitrogens with two attached hydrogens (primary N) is 1. The molecule has 1 amide bonds. The fourth-order valence-electron chi connectivity index (χ4n) is 4.40. The largest absolute Gasteiger partial charge is 0.337 e. The molecule has 7 heteroatoms. The molecular weight excluding hydrogens is 417 g/mol. The molecule has 1 atom stereocenters. The van der Waals surface area contributed by atoms with E-state index < -0.39 is 5.82 Å². The third kappa shape index (κ3) is 3.75. The van der Waals surface area contributed by atoms with Gasteiger partial charge in [0, 0.05) is 31.7 Å². The maximum atomic E-state index is 14.5. The average molecular weight is 439 g/mol. The second-order valence-electron chi connectivity index (χ2n) is 8.43. The lowest BCUT2D eigenvalue weighted by atomic mass is 9.91. The summed E-state index contributed by atoms with van der Waals surface area (Å²) in [6, 6.07) is 17.8. The monoisotopic (exact) mass is 439 g/mol. The smallest absolute Gasteiger partial charge is 0.253 e. The number of fused-ring (bicyclic) bond motifs is 1. The number of likely N-dealkylation sites (tertiary alicyclic amines) is 1. The van der Waals surface area contributed by atoms with Gasteiger partial charge in [0.25, 0.3) is 5.91 Å². The molecule has 0 radical (unpaired) electrons. The van der Waals surface area contributed by atoms with Crippen LogP contribution in [0, 0.1) is 17.1 Å². The van der Waals surface area contributed by atoms with Crippen LogP contribution in [-0.4, -0.2) is 39.5 Å². The molecule has 1 fully saturated rings. The van der Waals surface area contributed by atoms with Crippen molar-refractivity contribution in [3.8, 4) is 28.3 Å². The zero-order valence-corrected chi connectivity index (χ0v) is 18.1. The molecule has 6 nitrogen and oxygen atoms in total. The van der Waals surface area contributed by atoms with Gasteiger partial charge in [0.15, 0.2) is 0 Å². The van der Waals surface area contributed by atoms with E-state index in [0.29, 0.717) is 29.8 Å². The van der Waals surface area contributed by atoms with Crippen LogP contribution in [-0.2, 0) is 7.05 Å². The van der Waals surface area contributed by atoms with Gasteiger partial charge in [-0.2, -0.15) is 5.26 Å². The molecule has 5 rings (SSSR count). The molecular formula is C26H22FN5O. The number of hydrogen-bond acceptors (Lipinski definition) is 4. The van der Waals surface area contributed by atoms with Gasteiger partial charge in [-0.15, -0.1) is 0 Å². The van der Waals surface area contributed by atoms with E-state index in [2.05, 4.69) is 4.98 Å². The first kappa shape index (κ1) is 20.9. The van der Waals surface area contributed by atoms with Crippen LogP contribution in [0.5, 0.6) is 0 Å². The first-order valence-corrected chi connectivity index (χ1v) is 10.7. The summed E-state index contributed by atoms with van der Waals surface area (Å²) in [7, 11) is 1.94. The van der Waals surface area contributed by atoms with E-state index in [1.165, 1.54) is 12.1 Å². The Balaban J connectivity index is 1.65. The Kier molecular flexibility index (Phi) is 5.15. The van der Waals surface area contributed by atoms with Gasteiger partial charge < -0.3 is 15.2 Å². The lowest BCUT2D eigenvalue weighted by molar-refractivity contribution is 0.0791. The fourth-order valence-corrected chi connectivity index (χ4v) is 4.40. The van der Waals surface area contributed by atoms with E-state index >= 15 is 0 Å². The molecule has 0 spiro atoms. The predicted molar refractivity (Wildman–Crippen MR) is 125 cm³/mol. The van der Waals surface area contributed by atoms with Gasteiger partial charge in [-0.1, -0.05) is 18.2 Å². The van der Waals surface area contributed by atoms with Crippen LogP contribution in [0.2, 0.25) is 0 Å². The lowest BCUT2D eigenvalue weighted by Gasteiger charge is -2.18. The number of amides is 1. The molecule has 1 aliphatic rings. The number of carbonyl (C=O) groups excluding carboxylic acids is 1. The van der Waals surface area contributed by atoms with Gasteiger partial charge in [-0.3, -0.25) is 4.79 Å². The molecule has 4 aromatic rings. The van der Waals surface area contributed by atoms with Gasteiger partial charge in [-0.25, -0.2) is 9.37 Å². The van der Waals surface area contributed by atoms with Crippen LogP contribution in [0.25, 0.3) is 33.3 Å². The standard InChI is InChI=1S/C26H22FN5O/c1-31-15-30-24-12-17(5-7-25(24)31)21-6-4-18(26(33)32-9-8-20(29)14-32)10-22(21)16-2-3-19(13-28)23(27)11-16/h2-7,10-12,15,20H,8-9,14,29H2,1H3/t20-/m0/s1. The molecule has 1 aromatic heterocycles. The SMILES string of the molecule is Cn1cnc2cc(-c3ccc(C(=O)N4CC[C@H](N)C4)cc3-c3ccc(C#N)c(F)c3)ccc21. The minimum atomic E-state index is -0.594. The zero-order valence-electron chi connectivity index (χ0n) is 18.1. The molecule has 1 saturated heterocycles. The number of nitrogens with zero attached hydrogens (tertiary/aromatic N) is 4. The predicted octanol–water partition coefficient (Wildman–Crippen LogP) is 4.09. The van der Waals surface area contributed by atoms with Crippen molar-refractivity contribution in [3.05, 3.63) is 77.9 Å². The van der Waals surface area contributed by atoms with E-state index in [-0.39, 0.29) is 17.5 Å². The Morgan fingerprint density at radius 1 is 1.12 bits per heavy atom. The van der Waals surface area contributed by atoms with Crippen LogP contribution in [0.4, 0.5) is 4.39 Å². The molecule has 0 unspecified atom stereocenters. The van der Waals surface area contributed by atoms with E-state index in [1.54, 1.807) is 29.4 Å². The molecule has 2 N–H and O–H groups in total. The fraction of sp³-hybridized carbons (Fsp3) is 0.192. The maximum Gasteiger partial charge on any atom is 0.253 e. The quantitative estimate of drug-likeness (QED) is 0.521. The number of imidazole rings is 1. The Labute approximate surface area is 190 Å². The summed E-state index contributed by atoms with van der Waals surface area (Å²) in [5, 5.41) is 9.12. The van der Waals surface area contributed by atoms with Gasteiger partial charge in [0.05, 0.1) is 22.9 Å². The van der Waals surface area contributed by atoms with Crippen molar-refractivity contribution < 1.29 is 9.18 Å². The Bertz CT molecular complexity index is 1430. The Morgan fingerprint density at radius 2 is 1.91 bits per heavy atom. The Morgan fingerprint density at radius 3 is 2.64 bits per heavy atom. The Hall–Kier alpha value is -4.02. The zero-order chi connectivity index (χ0) is 23.1. The van der Waals surface area contributed by atoms with E-state index in [1.807, 2.05) is 41.9 Å². The minimum Gasteiger partial charge on any atom is -0.337 e. The van der Waals surface area contributed by atoms with Crippen LogP contribution in [0.1, 0.15) is 22.3 Å². The van der Waals surface area contributed by atoms with Crippen molar-refractivity contribution in [1.82, 2.24) is 14.5 Å². The highest BCUT2D eigenvalue weighted by Crippen LogP contribution is 2.35.